The van der Waals surface area contributed by atoms with Gasteiger partial charge in [0, 0.05) is 11.8 Å². The number of anilines is 1. The van der Waals surface area contributed by atoms with Gasteiger partial charge in [0.1, 0.15) is 11.6 Å². The van der Waals surface area contributed by atoms with Gasteiger partial charge in [-0.3, -0.25) is 4.79 Å². The third kappa shape index (κ3) is 3.34. The van der Waals surface area contributed by atoms with Crippen molar-refractivity contribution >= 4 is 5.69 Å². The first-order valence-electron chi connectivity index (χ1n) is 6.07. The summed E-state index contributed by atoms with van der Waals surface area (Å²) >= 11 is 0. The van der Waals surface area contributed by atoms with Gasteiger partial charge in [0.25, 0.3) is 5.56 Å². The Morgan fingerprint density at radius 2 is 2.11 bits per heavy atom. The first-order valence-corrected chi connectivity index (χ1v) is 6.07. The second-order valence-electron chi connectivity index (χ2n) is 4.40. The number of aryl methyl sites for hydroxylation is 3. The maximum atomic E-state index is 11.3. The Kier molecular flexibility index (Phi) is 3.85. The number of methoxy groups -OCH3 is 1. The van der Waals surface area contributed by atoms with Crippen LogP contribution in [0.3, 0.4) is 0 Å². The Morgan fingerprint density at radius 3 is 2.74 bits per heavy atom. The van der Waals surface area contributed by atoms with Crippen LogP contribution in [0.1, 0.15) is 17.1 Å². The van der Waals surface area contributed by atoms with Crippen molar-refractivity contribution in [2.45, 2.75) is 19.8 Å². The van der Waals surface area contributed by atoms with E-state index in [0.717, 1.165) is 17.7 Å². The van der Waals surface area contributed by atoms with Crippen molar-refractivity contribution in [1.82, 2.24) is 9.97 Å². The Morgan fingerprint density at radius 1 is 1.32 bits per heavy atom. The Balaban J connectivity index is 2.10. The van der Waals surface area contributed by atoms with Crippen molar-refractivity contribution in [3.63, 3.8) is 0 Å². The lowest BCUT2D eigenvalue weighted by atomic mass is 10.1. The molecule has 100 valence electrons. The molecule has 0 bridgehead atoms. The highest BCUT2D eigenvalue weighted by Crippen LogP contribution is 2.22. The molecule has 5 heteroatoms. The van der Waals surface area contributed by atoms with Gasteiger partial charge in [0.2, 0.25) is 0 Å². The van der Waals surface area contributed by atoms with E-state index in [-0.39, 0.29) is 5.56 Å². The molecule has 5 nitrogen and oxygen atoms in total. The van der Waals surface area contributed by atoms with Crippen LogP contribution in [-0.4, -0.2) is 17.1 Å². The Hall–Kier alpha value is -2.30. The van der Waals surface area contributed by atoms with Gasteiger partial charge >= 0.3 is 0 Å². The van der Waals surface area contributed by atoms with Gasteiger partial charge in [-0.1, -0.05) is 6.07 Å². The fourth-order valence-electron chi connectivity index (χ4n) is 1.98. The van der Waals surface area contributed by atoms with Crippen LogP contribution < -0.4 is 16.0 Å². The van der Waals surface area contributed by atoms with E-state index in [4.69, 9.17) is 10.5 Å². The minimum atomic E-state index is -0.114. The number of aromatic nitrogens is 2. The zero-order chi connectivity index (χ0) is 13.8. The molecule has 1 aromatic carbocycles. The summed E-state index contributed by atoms with van der Waals surface area (Å²) < 4.78 is 5.11. The molecule has 0 saturated heterocycles. The number of rotatable bonds is 4. The molecule has 0 radical (unpaired) electrons. The van der Waals surface area contributed by atoms with Gasteiger partial charge in [0.15, 0.2) is 0 Å². The minimum absolute atomic E-state index is 0.114. The third-order valence-electron chi connectivity index (χ3n) is 2.88. The second-order valence-corrected chi connectivity index (χ2v) is 4.40. The zero-order valence-corrected chi connectivity index (χ0v) is 11.1. The van der Waals surface area contributed by atoms with E-state index in [9.17, 15) is 4.79 Å². The number of nitrogens with one attached hydrogen (secondary N) is 1. The van der Waals surface area contributed by atoms with Crippen LogP contribution in [0.25, 0.3) is 0 Å². The highest BCUT2D eigenvalue weighted by molar-refractivity contribution is 5.54. The van der Waals surface area contributed by atoms with Gasteiger partial charge in [0.05, 0.1) is 12.8 Å². The maximum Gasteiger partial charge on any atom is 0.251 e. The number of H-pyrrole nitrogens is 1. The van der Waals surface area contributed by atoms with Gasteiger partial charge in [-0.05, 0) is 37.5 Å². The monoisotopic (exact) mass is 259 g/mol. The standard InChI is InChI=1S/C14H17N3O2/c1-9-16-11(8-14(18)17-9)5-3-10-4-6-13(19-2)12(15)7-10/h4,6-8H,3,5,15H2,1-2H3,(H,16,17,18). The number of hydrogen-bond donors (Lipinski definition) is 2. The topological polar surface area (TPSA) is 81.0 Å². The van der Waals surface area contributed by atoms with E-state index in [1.54, 1.807) is 14.0 Å². The highest BCUT2D eigenvalue weighted by atomic mass is 16.5. The Labute approximate surface area is 111 Å². The zero-order valence-electron chi connectivity index (χ0n) is 11.1. The molecule has 1 aromatic heterocycles. The largest absolute Gasteiger partial charge is 0.495 e. The van der Waals surface area contributed by atoms with E-state index >= 15 is 0 Å². The fourth-order valence-corrected chi connectivity index (χ4v) is 1.98. The Bertz CT molecular complexity index is 635. The van der Waals surface area contributed by atoms with E-state index in [2.05, 4.69) is 9.97 Å². The molecule has 3 N–H and O–H groups in total. The van der Waals surface area contributed by atoms with E-state index < -0.39 is 0 Å². The van der Waals surface area contributed by atoms with E-state index in [1.165, 1.54) is 6.07 Å². The SMILES string of the molecule is COc1ccc(CCc2cc(=O)[nH]c(C)n2)cc1N. The second kappa shape index (κ2) is 5.56. The first-order chi connectivity index (χ1) is 9.08. The minimum Gasteiger partial charge on any atom is -0.495 e. The maximum absolute atomic E-state index is 11.3. The number of hydrogen-bond acceptors (Lipinski definition) is 4. The predicted octanol–water partition coefficient (Wildman–Crippen LogP) is 1.45. The quantitative estimate of drug-likeness (QED) is 0.814. The molecular weight excluding hydrogens is 242 g/mol. The number of nitrogen functional groups attached to an aromatic ring is 1. The number of nitrogens with zero attached hydrogens (tertiary/aromatic N) is 1. The van der Waals surface area contributed by atoms with Gasteiger partial charge < -0.3 is 15.5 Å². The lowest BCUT2D eigenvalue weighted by molar-refractivity contribution is 0.417. The smallest absolute Gasteiger partial charge is 0.251 e. The summed E-state index contributed by atoms with van der Waals surface area (Å²) in [4.78, 5) is 18.3. The summed E-state index contributed by atoms with van der Waals surface area (Å²) in [5, 5.41) is 0. The molecule has 19 heavy (non-hydrogen) atoms. The van der Waals surface area contributed by atoms with Crippen LogP contribution in [0.2, 0.25) is 0 Å². The van der Waals surface area contributed by atoms with E-state index in [0.29, 0.717) is 23.7 Å². The molecule has 2 aromatic rings. The predicted molar refractivity (Wildman–Crippen MR) is 74.4 cm³/mol. The molecule has 0 fully saturated rings. The lowest BCUT2D eigenvalue weighted by Crippen LogP contribution is -2.11. The molecule has 0 amide bonds. The van der Waals surface area contributed by atoms with Crippen molar-refractivity contribution < 1.29 is 4.74 Å². The molecule has 0 atom stereocenters. The van der Waals surface area contributed by atoms with Crippen LogP contribution in [0.5, 0.6) is 5.75 Å². The number of aromatic amines is 1. The molecular formula is C14H17N3O2. The van der Waals surface area contributed by atoms with Crippen LogP contribution in [0, 0.1) is 6.92 Å². The molecule has 0 aliphatic heterocycles. The van der Waals surface area contributed by atoms with E-state index in [1.807, 2.05) is 18.2 Å². The first kappa shape index (κ1) is 13.1. The van der Waals surface area contributed by atoms with Crippen LogP contribution in [0.15, 0.2) is 29.1 Å². The molecule has 0 unspecified atom stereocenters. The molecule has 1 heterocycles. The van der Waals surface area contributed by atoms with Crippen molar-refractivity contribution in [1.29, 1.82) is 0 Å². The van der Waals surface area contributed by atoms with Crippen molar-refractivity contribution in [2.24, 2.45) is 0 Å². The third-order valence-corrected chi connectivity index (χ3v) is 2.88. The van der Waals surface area contributed by atoms with Crippen molar-refractivity contribution in [2.75, 3.05) is 12.8 Å². The number of ether oxygens (including phenoxy) is 1. The van der Waals surface area contributed by atoms with Crippen molar-refractivity contribution in [3.05, 3.63) is 51.7 Å². The fraction of sp³-hybridized carbons (Fsp3) is 0.286. The molecule has 0 spiro atoms. The van der Waals surface area contributed by atoms with Crippen LogP contribution in [0.4, 0.5) is 5.69 Å². The number of nitrogens with two attached hydrogens (primary N) is 1. The average molecular weight is 259 g/mol. The summed E-state index contributed by atoms with van der Waals surface area (Å²) in [5.41, 5.74) is 8.24. The summed E-state index contributed by atoms with van der Waals surface area (Å²) in [6, 6.07) is 7.23. The van der Waals surface area contributed by atoms with Crippen LogP contribution in [-0.2, 0) is 12.8 Å². The lowest BCUT2D eigenvalue weighted by Gasteiger charge is -2.07. The molecule has 0 saturated carbocycles. The number of benzene rings is 1. The van der Waals surface area contributed by atoms with Crippen LogP contribution >= 0.6 is 0 Å². The van der Waals surface area contributed by atoms with Crippen molar-refractivity contribution in [3.8, 4) is 5.75 Å². The summed E-state index contributed by atoms with van der Waals surface area (Å²) in [7, 11) is 1.59. The molecule has 0 aliphatic rings. The average Bonchev–Trinajstić information content (AvgIpc) is 2.35. The van der Waals surface area contributed by atoms with Gasteiger partial charge in [-0.15, -0.1) is 0 Å². The van der Waals surface area contributed by atoms with Gasteiger partial charge in [-0.25, -0.2) is 4.98 Å². The molecule has 2 rings (SSSR count). The van der Waals surface area contributed by atoms with Gasteiger partial charge in [-0.2, -0.15) is 0 Å². The molecule has 0 aliphatic carbocycles. The summed E-state index contributed by atoms with van der Waals surface area (Å²) in [5.74, 6) is 1.31. The normalized spacial score (nSPS) is 10.4. The highest BCUT2D eigenvalue weighted by Gasteiger charge is 2.03. The summed E-state index contributed by atoms with van der Waals surface area (Å²) in [6.07, 6.45) is 1.49. The summed E-state index contributed by atoms with van der Waals surface area (Å²) in [6.45, 7) is 1.77.